The molecule has 3 aliphatic rings. The van der Waals surface area contributed by atoms with E-state index in [4.69, 9.17) is 0 Å². The minimum Gasteiger partial charge on any atom is -0.239 e. The van der Waals surface area contributed by atoms with E-state index in [1.165, 1.54) is 24.3 Å². The van der Waals surface area contributed by atoms with Gasteiger partial charge in [-0.15, -0.1) is 0 Å². The molecule has 0 heterocycles. The molecule has 4 nitrogen and oxygen atoms in total. The molecule has 5 rings (SSSR count). The molecule has 38 heavy (non-hydrogen) atoms. The predicted molar refractivity (Wildman–Crippen MR) is 113 cm³/mol. The molecule has 2 unspecified atom stereocenters. The first kappa shape index (κ1) is 24.5. The van der Waals surface area contributed by atoms with Crippen molar-refractivity contribution in [3.05, 3.63) is 86.0 Å². The van der Waals surface area contributed by atoms with Crippen LogP contribution in [0.5, 0.6) is 0 Å². The molecule has 0 aromatic heterocycles. The van der Waals surface area contributed by atoms with Gasteiger partial charge in [0.25, 0.3) is 0 Å². The van der Waals surface area contributed by atoms with E-state index >= 15 is 4.39 Å². The number of hydrogen-bond donors (Lipinski definition) is 0. The molecule has 0 amide bonds. The van der Waals surface area contributed by atoms with Gasteiger partial charge in [0.2, 0.25) is 0 Å². The van der Waals surface area contributed by atoms with Crippen LogP contribution in [-0.4, -0.2) is 12.3 Å². The highest BCUT2D eigenvalue weighted by Crippen LogP contribution is 2.57. The summed E-state index contributed by atoms with van der Waals surface area (Å²) < 4.78 is 117. The summed E-state index contributed by atoms with van der Waals surface area (Å²) in [5.41, 5.74) is -8.81. The van der Waals surface area contributed by atoms with Gasteiger partial charge in [0.1, 0.15) is 35.4 Å². The topological polar surface area (TPSA) is 95.2 Å². The van der Waals surface area contributed by atoms with E-state index in [9.17, 15) is 51.8 Å². The predicted octanol–water partition coefficient (Wildman–Crippen LogP) is 6.48. The molecule has 2 aromatic carbocycles. The van der Waals surface area contributed by atoms with Crippen molar-refractivity contribution in [1.82, 2.24) is 0 Å². The van der Waals surface area contributed by atoms with Crippen LogP contribution in [0, 0.1) is 68.6 Å². The van der Waals surface area contributed by atoms with Crippen LogP contribution in [-0.2, 0) is 0 Å². The third-order valence-corrected chi connectivity index (χ3v) is 6.44. The van der Waals surface area contributed by atoms with Crippen LogP contribution < -0.4 is 0 Å². The molecule has 2 atom stereocenters. The Morgan fingerprint density at radius 1 is 0.579 bits per heavy atom. The summed E-state index contributed by atoms with van der Waals surface area (Å²) in [5, 5.41) is 37.7. The van der Waals surface area contributed by atoms with Gasteiger partial charge in [0.15, 0.2) is 47.3 Å². The minimum atomic E-state index is -3.13. The molecule has 0 fully saturated rings. The lowest BCUT2D eigenvalue weighted by Gasteiger charge is -2.21. The van der Waals surface area contributed by atoms with Crippen LogP contribution in [0.3, 0.4) is 0 Å². The fraction of sp³-hybridized carbons (Fsp3) is 0.0769. The van der Waals surface area contributed by atoms with Crippen molar-refractivity contribution >= 4 is 16.7 Å². The van der Waals surface area contributed by atoms with Crippen LogP contribution >= 0.6 is 0 Å². The molecule has 0 bridgehead atoms. The van der Waals surface area contributed by atoms with Gasteiger partial charge in [-0.3, -0.25) is 0 Å². The van der Waals surface area contributed by atoms with E-state index in [1.807, 2.05) is 0 Å². The van der Waals surface area contributed by atoms with Gasteiger partial charge in [-0.05, 0) is 34.4 Å². The summed E-state index contributed by atoms with van der Waals surface area (Å²) >= 11 is 0. The van der Waals surface area contributed by atoms with E-state index in [0.29, 0.717) is 0 Å². The monoisotopic (exact) mass is 524 g/mol. The molecular weight excluding hydrogens is 520 g/mol. The van der Waals surface area contributed by atoms with Gasteiger partial charge < -0.3 is 0 Å². The van der Waals surface area contributed by atoms with Crippen LogP contribution in [0.25, 0.3) is 27.8 Å². The van der Waals surface area contributed by atoms with Crippen molar-refractivity contribution < 1.29 is 35.1 Å². The van der Waals surface area contributed by atoms with Gasteiger partial charge in [-0.1, -0.05) is 0 Å². The van der Waals surface area contributed by atoms with Gasteiger partial charge in [0.05, 0.1) is 0 Å². The van der Waals surface area contributed by atoms with Crippen LogP contribution in [0.15, 0.2) is 40.5 Å². The van der Waals surface area contributed by atoms with E-state index in [1.54, 1.807) is 0 Å². The van der Waals surface area contributed by atoms with Crippen molar-refractivity contribution in [3.63, 3.8) is 0 Å². The zero-order valence-electron chi connectivity index (χ0n) is 18.1. The lowest BCUT2D eigenvalue weighted by Crippen LogP contribution is -2.24. The summed E-state index contributed by atoms with van der Waals surface area (Å²) in [6.45, 7) is 0. The Labute approximate surface area is 207 Å². The quantitative estimate of drug-likeness (QED) is 0.146. The SMILES string of the molecule is N#CC(C#N)=C1C2=C(c3cc4c(cc31)C(=C(C#N)C#N)c1c(F)c(F)c(F)c(F)c1-4)C(F)C(F)C(F)=C2F. The molecule has 0 N–H and O–H groups in total. The highest BCUT2D eigenvalue weighted by Gasteiger charge is 2.47. The van der Waals surface area contributed by atoms with Crippen molar-refractivity contribution in [1.29, 1.82) is 21.0 Å². The molecule has 0 saturated carbocycles. The lowest BCUT2D eigenvalue weighted by molar-refractivity contribution is 0.206. The Hall–Kier alpha value is -5.20. The second kappa shape index (κ2) is 8.16. The number of nitrogens with zero attached hydrogens (tertiary/aromatic N) is 4. The van der Waals surface area contributed by atoms with Crippen molar-refractivity contribution in [2.45, 2.75) is 12.3 Å². The number of alkyl halides is 2. The Morgan fingerprint density at radius 3 is 1.61 bits per heavy atom. The lowest BCUT2D eigenvalue weighted by atomic mass is 9.90. The van der Waals surface area contributed by atoms with Crippen LogP contribution in [0.1, 0.15) is 22.3 Å². The van der Waals surface area contributed by atoms with E-state index in [0.717, 1.165) is 12.1 Å². The zero-order valence-corrected chi connectivity index (χ0v) is 18.1. The van der Waals surface area contributed by atoms with Gasteiger partial charge in [-0.25, -0.2) is 35.1 Å². The molecule has 0 aliphatic heterocycles. The summed E-state index contributed by atoms with van der Waals surface area (Å²) in [6, 6.07) is 7.35. The van der Waals surface area contributed by atoms with Gasteiger partial charge in [-0.2, -0.15) is 21.0 Å². The van der Waals surface area contributed by atoms with Crippen molar-refractivity contribution in [2.75, 3.05) is 0 Å². The molecule has 2 aromatic rings. The number of halogens is 8. The largest absolute Gasteiger partial charge is 0.239 e. The molecule has 0 radical (unpaired) electrons. The second-order valence-corrected chi connectivity index (χ2v) is 8.15. The van der Waals surface area contributed by atoms with Crippen LogP contribution in [0.4, 0.5) is 35.1 Å². The Morgan fingerprint density at radius 2 is 1.05 bits per heavy atom. The number of rotatable bonds is 0. The Balaban J connectivity index is 2.02. The van der Waals surface area contributed by atoms with Crippen LogP contribution in [0.2, 0.25) is 0 Å². The first-order valence-electron chi connectivity index (χ1n) is 10.3. The smallest absolute Gasteiger partial charge is 0.198 e. The molecular formula is C26H4F8N4. The van der Waals surface area contributed by atoms with Crippen molar-refractivity contribution in [3.8, 4) is 35.4 Å². The summed E-state index contributed by atoms with van der Waals surface area (Å²) in [4.78, 5) is 0. The Bertz CT molecular complexity index is 1820. The summed E-state index contributed by atoms with van der Waals surface area (Å²) in [7, 11) is 0. The highest BCUT2D eigenvalue weighted by atomic mass is 19.2. The van der Waals surface area contributed by atoms with E-state index < -0.39 is 114 Å². The number of benzene rings is 2. The fourth-order valence-electron chi connectivity index (χ4n) is 4.92. The van der Waals surface area contributed by atoms with Gasteiger partial charge >= 0.3 is 0 Å². The standard InChI is InChI=1S/C26H4F8N4/c27-19-15-11-2-12-10(1-9(11)13(7(3-35)4-36)17(15)21(29)25(33)23(19)31)14(8(5-37)6-38)18-16(12)20(28)24(32)26(34)22(18)30/h1-2,19,23H. The average Bonchev–Trinajstić information content (AvgIpc) is 3.42. The molecule has 0 saturated heterocycles. The number of allylic oxidation sites excluding steroid dienone is 7. The summed E-state index contributed by atoms with van der Waals surface area (Å²) in [6.07, 6.45) is -6.01. The average molecular weight is 524 g/mol. The second-order valence-electron chi connectivity index (χ2n) is 8.15. The first-order valence-corrected chi connectivity index (χ1v) is 10.3. The Kier molecular flexibility index (Phi) is 5.26. The third-order valence-electron chi connectivity index (χ3n) is 6.44. The first-order chi connectivity index (χ1) is 18.0. The number of fused-ring (bicyclic) bond motifs is 5. The molecule has 3 aliphatic carbocycles. The maximum Gasteiger partial charge on any atom is 0.198 e. The maximum atomic E-state index is 15.1. The number of nitriles is 4. The van der Waals surface area contributed by atoms with Crippen molar-refractivity contribution in [2.24, 2.45) is 0 Å². The minimum absolute atomic E-state index is 0.408. The highest BCUT2D eigenvalue weighted by molar-refractivity contribution is 6.12. The fourth-order valence-corrected chi connectivity index (χ4v) is 4.92. The van der Waals surface area contributed by atoms with Gasteiger partial charge in [0, 0.05) is 33.4 Å². The normalized spacial score (nSPS) is 18.6. The third kappa shape index (κ3) is 2.80. The zero-order chi connectivity index (χ0) is 27.8. The number of hydrogen-bond acceptors (Lipinski definition) is 4. The van der Waals surface area contributed by atoms with E-state index in [2.05, 4.69) is 0 Å². The van der Waals surface area contributed by atoms with E-state index in [-0.39, 0.29) is 0 Å². The summed E-state index contributed by atoms with van der Waals surface area (Å²) in [5.74, 6) is -12.5. The molecule has 184 valence electrons. The maximum absolute atomic E-state index is 15.1. The molecule has 12 heteroatoms. The molecule has 0 spiro atoms.